The molecule has 118 valence electrons. The van der Waals surface area contributed by atoms with Gasteiger partial charge < -0.3 is 9.64 Å². The molecule has 1 aliphatic rings. The third kappa shape index (κ3) is 4.14. The molecule has 0 bridgehead atoms. The van der Waals surface area contributed by atoms with E-state index in [-0.39, 0.29) is 12.3 Å². The summed E-state index contributed by atoms with van der Waals surface area (Å²) < 4.78 is 5.30. The maximum atomic E-state index is 12.5. The lowest BCUT2D eigenvalue weighted by molar-refractivity contribution is -0.131. The second-order valence-electron chi connectivity index (χ2n) is 5.57. The third-order valence-electron chi connectivity index (χ3n) is 4.06. The Kier molecular flexibility index (Phi) is 6.09. The van der Waals surface area contributed by atoms with Gasteiger partial charge in [-0.05, 0) is 31.0 Å². The molecule has 1 atom stereocenters. The van der Waals surface area contributed by atoms with Gasteiger partial charge in [0.05, 0.1) is 19.1 Å². The zero-order valence-electron chi connectivity index (χ0n) is 12.8. The van der Waals surface area contributed by atoms with E-state index in [1.54, 1.807) is 25.3 Å². The van der Waals surface area contributed by atoms with Crippen LogP contribution in [-0.2, 0) is 4.79 Å². The highest BCUT2D eigenvalue weighted by molar-refractivity contribution is 6.30. The van der Waals surface area contributed by atoms with E-state index < -0.39 is 5.92 Å². The Morgan fingerprint density at radius 2 is 2.05 bits per heavy atom. The Bertz CT molecular complexity index is 560. The standard InChI is InChI=1S/C17H21ClN2O2/c1-22-16-7-6-14(18)11-15(16)13(12-19)10-17(21)20-8-4-2-3-5-9-20/h6-7,11,13H,2-5,8-10H2,1H3. The number of carbonyl (C=O) groups is 1. The smallest absolute Gasteiger partial charge is 0.224 e. The molecule has 1 unspecified atom stereocenters. The Balaban J connectivity index is 2.13. The van der Waals surface area contributed by atoms with Gasteiger partial charge in [-0.2, -0.15) is 5.26 Å². The molecule has 5 heteroatoms. The molecule has 0 aromatic heterocycles. The third-order valence-corrected chi connectivity index (χ3v) is 4.30. The first-order valence-electron chi connectivity index (χ1n) is 7.66. The Morgan fingerprint density at radius 3 is 2.64 bits per heavy atom. The van der Waals surface area contributed by atoms with Crippen molar-refractivity contribution in [1.82, 2.24) is 4.90 Å². The molecular weight excluding hydrogens is 300 g/mol. The van der Waals surface area contributed by atoms with E-state index in [9.17, 15) is 10.1 Å². The van der Waals surface area contributed by atoms with Crippen LogP contribution in [0.2, 0.25) is 5.02 Å². The molecule has 1 aromatic rings. The number of rotatable bonds is 4. The number of methoxy groups -OCH3 is 1. The van der Waals surface area contributed by atoms with Gasteiger partial charge in [-0.3, -0.25) is 4.79 Å². The Morgan fingerprint density at radius 1 is 1.36 bits per heavy atom. The van der Waals surface area contributed by atoms with Crippen LogP contribution >= 0.6 is 11.6 Å². The van der Waals surface area contributed by atoms with Crippen molar-refractivity contribution in [2.75, 3.05) is 20.2 Å². The van der Waals surface area contributed by atoms with Crippen LogP contribution in [0.3, 0.4) is 0 Å². The summed E-state index contributed by atoms with van der Waals surface area (Å²) in [6.45, 7) is 1.59. The molecule has 0 aliphatic carbocycles. The van der Waals surface area contributed by atoms with Gasteiger partial charge in [0.25, 0.3) is 0 Å². The molecule has 1 amide bonds. The molecule has 0 N–H and O–H groups in total. The summed E-state index contributed by atoms with van der Waals surface area (Å²) in [6, 6.07) is 7.38. The maximum Gasteiger partial charge on any atom is 0.224 e. The molecular formula is C17H21ClN2O2. The fourth-order valence-electron chi connectivity index (χ4n) is 2.83. The molecule has 1 aliphatic heterocycles. The van der Waals surface area contributed by atoms with Crippen molar-refractivity contribution in [1.29, 1.82) is 5.26 Å². The first kappa shape index (κ1) is 16.6. The van der Waals surface area contributed by atoms with Crippen molar-refractivity contribution >= 4 is 17.5 Å². The predicted molar refractivity (Wildman–Crippen MR) is 86.0 cm³/mol. The molecule has 1 fully saturated rings. The fourth-order valence-corrected chi connectivity index (χ4v) is 3.01. The summed E-state index contributed by atoms with van der Waals surface area (Å²) >= 11 is 6.02. The first-order chi connectivity index (χ1) is 10.7. The van der Waals surface area contributed by atoms with E-state index >= 15 is 0 Å². The predicted octanol–water partition coefficient (Wildman–Crippen LogP) is 3.75. The molecule has 2 rings (SSSR count). The van der Waals surface area contributed by atoms with Gasteiger partial charge in [0.15, 0.2) is 0 Å². The monoisotopic (exact) mass is 320 g/mol. The minimum Gasteiger partial charge on any atom is -0.496 e. The number of benzene rings is 1. The van der Waals surface area contributed by atoms with Crippen LogP contribution in [0.4, 0.5) is 0 Å². The van der Waals surface area contributed by atoms with Crippen LogP contribution in [-0.4, -0.2) is 31.0 Å². The number of nitrogens with zero attached hydrogens (tertiary/aromatic N) is 2. The van der Waals surface area contributed by atoms with Gasteiger partial charge in [-0.25, -0.2) is 0 Å². The molecule has 0 spiro atoms. The Labute approximate surface area is 136 Å². The minimum atomic E-state index is -0.538. The molecule has 1 aromatic carbocycles. The molecule has 1 heterocycles. The normalized spacial score (nSPS) is 16.5. The average molecular weight is 321 g/mol. The number of amides is 1. The molecule has 1 saturated heterocycles. The summed E-state index contributed by atoms with van der Waals surface area (Å²) in [5.74, 6) is 0.0968. The lowest BCUT2D eigenvalue weighted by atomic mass is 9.95. The van der Waals surface area contributed by atoms with Gasteiger partial charge in [0.2, 0.25) is 5.91 Å². The second-order valence-corrected chi connectivity index (χ2v) is 6.00. The number of carbonyl (C=O) groups excluding carboxylic acids is 1. The number of hydrogen-bond donors (Lipinski definition) is 0. The average Bonchev–Trinajstić information content (AvgIpc) is 2.81. The van der Waals surface area contributed by atoms with Gasteiger partial charge in [-0.1, -0.05) is 24.4 Å². The summed E-state index contributed by atoms with van der Waals surface area (Å²) in [4.78, 5) is 14.4. The number of nitriles is 1. The van der Waals surface area contributed by atoms with E-state index in [2.05, 4.69) is 6.07 Å². The van der Waals surface area contributed by atoms with E-state index in [0.29, 0.717) is 16.3 Å². The van der Waals surface area contributed by atoms with E-state index in [1.807, 2.05) is 4.90 Å². The number of ether oxygens (including phenoxy) is 1. The molecule has 22 heavy (non-hydrogen) atoms. The van der Waals surface area contributed by atoms with Gasteiger partial charge in [-0.15, -0.1) is 0 Å². The van der Waals surface area contributed by atoms with Crippen LogP contribution in [0.5, 0.6) is 5.75 Å². The summed E-state index contributed by atoms with van der Waals surface area (Å²) in [5, 5.41) is 10.0. The second kappa shape index (κ2) is 8.05. The van der Waals surface area contributed by atoms with Crippen molar-refractivity contribution < 1.29 is 9.53 Å². The first-order valence-corrected chi connectivity index (χ1v) is 8.04. The van der Waals surface area contributed by atoms with Crippen LogP contribution < -0.4 is 4.74 Å². The van der Waals surface area contributed by atoms with Gasteiger partial charge in [0, 0.05) is 30.1 Å². The number of halogens is 1. The number of likely N-dealkylation sites (tertiary alicyclic amines) is 1. The van der Waals surface area contributed by atoms with Crippen molar-refractivity contribution in [3.05, 3.63) is 28.8 Å². The minimum absolute atomic E-state index is 0.0375. The quantitative estimate of drug-likeness (QED) is 0.849. The molecule has 0 saturated carbocycles. The number of hydrogen-bond acceptors (Lipinski definition) is 3. The van der Waals surface area contributed by atoms with Gasteiger partial charge in [0.1, 0.15) is 5.75 Å². The fraction of sp³-hybridized carbons (Fsp3) is 0.529. The largest absolute Gasteiger partial charge is 0.496 e. The highest BCUT2D eigenvalue weighted by atomic mass is 35.5. The van der Waals surface area contributed by atoms with Crippen LogP contribution in [0.15, 0.2) is 18.2 Å². The van der Waals surface area contributed by atoms with Crippen LogP contribution in [0.25, 0.3) is 0 Å². The lowest BCUT2D eigenvalue weighted by Crippen LogP contribution is -2.32. The van der Waals surface area contributed by atoms with E-state index in [0.717, 1.165) is 25.9 Å². The SMILES string of the molecule is COc1ccc(Cl)cc1C(C#N)CC(=O)N1CCCCCC1. The van der Waals surface area contributed by atoms with Crippen LogP contribution in [0.1, 0.15) is 43.6 Å². The van der Waals surface area contributed by atoms with Crippen molar-refractivity contribution in [3.8, 4) is 11.8 Å². The summed E-state index contributed by atoms with van der Waals surface area (Å²) in [5.41, 5.74) is 0.681. The van der Waals surface area contributed by atoms with E-state index in [4.69, 9.17) is 16.3 Å². The zero-order valence-corrected chi connectivity index (χ0v) is 13.6. The van der Waals surface area contributed by atoms with Gasteiger partial charge >= 0.3 is 0 Å². The van der Waals surface area contributed by atoms with Crippen molar-refractivity contribution in [2.24, 2.45) is 0 Å². The molecule has 4 nitrogen and oxygen atoms in total. The summed E-state index contributed by atoms with van der Waals surface area (Å²) in [6.07, 6.45) is 4.61. The Hall–Kier alpha value is -1.73. The summed E-state index contributed by atoms with van der Waals surface area (Å²) in [7, 11) is 1.55. The van der Waals surface area contributed by atoms with Crippen LogP contribution in [0, 0.1) is 11.3 Å². The zero-order chi connectivity index (χ0) is 15.9. The highest BCUT2D eigenvalue weighted by Gasteiger charge is 2.23. The maximum absolute atomic E-state index is 12.5. The van der Waals surface area contributed by atoms with Crippen molar-refractivity contribution in [2.45, 2.75) is 38.0 Å². The van der Waals surface area contributed by atoms with Crippen molar-refractivity contribution in [3.63, 3.8) is 0 Å². The van der Waals surface area contributed by atoms with E-state index in [1.165, 1.54) is 12.8 Å². The topological polar surface area (TPSA) is 53.3 Å². The lowest BCUT2D eigenvalue weighted by Gasteiger charge is -2.22. The highest BCUT2D eigenvalue weighted by Crippen LogP contribution is 2.31. The molecule has 0 radical (unpaired) electrons.